The van der Waals surface area contributed by atoms with Crippen LogP contribution in [-0.4, -0.2) is 25.5 Å². The maximum absolute atomic E-state index is 12.0. The molecular weight excluding hydrogens is 344 g/mol. The number of nitrogens with one attached hydrogen (secondary N) is 2. The first-order valence-corrected chi connectivity index (χ1v) is 8.75. The quantitative estimate of drug-likeness (QED) is 0.581. The van der Waals surface area contributed by atoms with Gasteiger partial charge < -0.3 is 9.47 Å². The van der Waals surface area contributed by atoms with E-state index in [1.807, 2.05) is 26.0 Å². The van der Waals surface area contributed by atoms with Crippen molar-refractivity contribution in [1.29, 1.82) is 0 Å². The number of hydrazine groups is 1. The molecule has 0 aliphatic heterocycles. The summed E-state index contributed by atoms with van der Waals surface area (Å²) in [6.45, 7) is 4.44. The number of methoxy groups -OCH3 is 1. The molecule has 0 aromatic heterocycles. The van der Waals surface area contributed by atoms with E-state index in [0.717, 1.165) is 17.5 Å². The van der Waals surface area contributed by atoms with Crippen LogP contribution in [0.25, 0.3) is 6.08 Å². The van der Waals surface area contributed by atoms with Gasteiger partial charge in [0.15, 0.2) is 11.5 Å². The molecule has 2 aromatic carbocycles. The zero-order valence-electron chi connectivity index (χ0n) is 15.7. The van der Waals surface area contributed by atoms with E-state index in [9.17, 15) is 9.59 Å². The fourth-order valence-electron chi connectivity index (χ4n) is 2.36. The molecule has 0 saturated carbocycles. The standard InChI is InChI=1S/C21H24N2O4/c1-4-15-6-10-17(11-7-15)21(25)23-22-20(24)13-9-16-8-12-18(26-3)19(14-16)27-5-2/h6-14H,4-5H2,1-3H3,(H,22,24)(H,23,25). The molecule has 0 saturated heterocycles. The van der Waals surface area contributed by atoms with E-state index in [1.54, 1.807) is 43.5 Å². The van der Waals surface area contributed by atoms with Gasteiger partial charge in [-0.3, -0.25) is 20.4 Å². The average molecular weight is 368 g/mol. The number of hydrogen-bond donors (Lipinski definition) is 2. The molecule has 0 aliphatic rings. The molecule has 0 spiro atoms. The van der Waals surface area contributed by atoms with Crippen LogP contribution < -0.4 is 20.3 Å². The first-order chi connectivity index (χ1) is 13.1. The number of rotatable bonds is 7. The van der Waals surface area contributed by atoms with Crippen LogP contribution in [0.3, 0.4) is 0 Å². The fraction of sp³-hybridized carbons (Fsp3) is 0.238. The Morgan fingerprint density at radius 3 is 2.37 bits per heavy atom. The Hall–Kier alpha value is -3.28. The molecule has 0 atom stereocenters. The van der Waals surface area contributed by atoms with E-state index in [4.69, 9.17) is 9.47 Å². The van der Waals surface area contributed by atoms with Crippen molar-refractivity contribution in [3.63, 3.8) is 0 Å². The summed E-state index contributed by atoms with van der Waals surface area (Å²) in [7, 11) is 1.57. The Kier molecular flexibility index (Phi) is 7.43. The number of carbonyl (C=O) groups excluding carboxylic acids is 2. The normalized spacial score (nSPS) is 10.5. The smallest absolute Gasteiger partial charge is 0.269 e. The van der Waals surface area contributed by atoms with Crippen molar-refractivity contribution < 1.29 is 19.1 Å². The van der Waals surface area contributed by atoms with Crippen molar-refractivity contribution in [1.82, 2.24) is 10.9 Å². The number of ether oxygens (including phenoxy) is 2. The van der Waals surface area contributed by atoms with E-state index in [1.165, 1.54) is 6.08 Å². The van der Waals surface area contributed by atoms with Crippen molar-refractivity contribution in [3.05, 3.63) is 65.2 Å². The van der Waals surface area contributed by atoms with E-state index in [-0.39, 0.29) is 5.91 Å². The second-order valence-electron chi connectivity index (χ2n) is 5.67. The van der Waals surface area contributed by atoms with Crippen LogP contribution in [0.4, 0.5) is 0 Å². The van der Waals surface area contributed by atoms with Crippen LogP contribution in [0, 0.1) is 0 Å². The van der Waals surface area contributed by atoms with Crippen molar-refractivity contribution in [2.75, 3.05) is 13.7 Å². The van der Waals surface area contributed by atoms with Crippen molar-refractivity contribution >= 4 is 17.9 Å². The van der Waals surface area contributed by atoms with Gasteiger partial charge in [-0.1, -0.05) is 25.1 Å². The third kappa shape index (κ3) is 5.88. The maximum atomic E-state index is 12.0. The van der Waals surface area contributed by atoms with E-state index in [0.29, 0.717) is 23.7 Å². The van der Waals surface area contributed by atoms with Crippen molar-refractivity contribution in [3.8, 4) is 11.5 Å². The first-order valence-electron chi connectivity index (χ1n) is 8.75. The molecule has 2 aromatic rings. The molecule has 142 valence electrons. The predicted molar refractivity (Wildman–Crippen MR) is 105 cm³/mol. The monoisotopic (exact) mass is 368 g/mol. The van der Waals surface area contributed by atoms with Gasteiger partial charge in [0.1, 0.15) is 0 Å². The summed E-state index contributed by atoms with van der Waals surface area (Å²) in [5.41, 5.74) is 7.15. The summed E-state index contributed by atoms with van der Waals surface area (Å²) in [5, 5.41) is 0. The second-order valence-corrected chi connectivity index (χ2v) is 5.67. The van der Waals surface area contributed by atoms with Gasteiger partial charge in [0.2, 0.25) is 0 Å². The number of hydrogen-bond acceptors (Lipinski definition) is 4. The molecule has 0 radical (unpaired) electrons. The molecule has 2 N–H and O–H groups in total. The van der Waals surface area contributed by atoms with Crippen LogP contribution in [0.1, 0.15) is 35.3 Å². The average Bonchev–Trinajstić information content (AvgIpc) is 2.71. The molecule has 6 nitrogen and oxygen atoms in total. The molecular formula is C21H24N2O4. The Bertz CT molecular complexity index is 813. The summed E-state index contributed by atoms with van der Waals surface area (Å²) in [4.78, 5) is 23.9. The zero-order valence-corrected chi connectivity index (χ0v) is 15.7. The highest BCUT2D eigenvalue weighted by Crippen LogP contribution is 2.28. The summed E-state index contributed by atoms with van der Waals surface area (Å²) in [5.74, 6) is 0.413. The van der Waals surface area contributed by atoms with Crippen molar-refractivity contribution in [2.24, 2.45) is 0 Å². The van der Waals surface area contributed by atoms with Gasteiger partial charge in [-0.2, -0.15) is 0 Å². The fourth-order valence-corrected chi connectivity index (χ4v) is 2.36. The third-order valence-corrected chi connectivity index (χ3v) is 3.84. The Labute approximate surface area is 159 Å². The lowest BCUT2D eigenvalue weighted by Crippen LogP contribution is -2.40. The maximum Gasteiger partial charge on any atom is 0.269 e. The highest BCUT2D eigenvalue weighted by molar-refractivity contribution is 5.97. The molecule has 6 heteroatoms. The van der Waals surface area contributed by atoms with Gasteiger partial charge in [0.05, 0.1) is 13.7 Å². The van der Waals surface area contributed by atoms with Gasteiger partial charge >= 0.3 is 0 Å². The summed E-state index contributed by atoms with van der Waals surface area (Å²) in [6.07, 6.45) is 3.86. The molecule has 2 amide bonds. The van der Waals surface area contributed by atoms with Gasteiger partial charge in [-0.15, -0.1) is 0 Å². The lowest BCUT2D eigenvalue weighted by Gasteiger charge is -2.09. The molecule has 0 heterocycles. The molecule has 0 bridgehead atoms. The lowest BCUT2D eigenvalue weighted by molar-refractivity contribution is -0.117. The highest BCUT2D eigenvalue weighted by atomic mass is 16.5. The Balaban J connectivity index is 1.92. The van der Waals surface area contributed by atoms with E-state index in [2.05, 4.69) is 10.9 Å². The van der Waals surface area contributed by atoms with E-state index < -0.39 is 5.91 Å². The first kappa shape index (κ1) is 20.0. The van der Waals surface area contributed by atoms with Crippen LogP contribution in [0.5, 0.6) is 11.5 Å². The topological polar surface area (TPSA) is 76.7 Å². The lowest BCUT2D eigenvalue weighted by atomic mass is 10.1. The number of carbonyl (C=O) groups is 2. The zero-order chi connectivity index (χ0) is 19.6. The minimum absolute atomic E-state index is 0.373. The van der Waals surface area contributed by atoms with Gasteiger partial charge in [-0.25, -0.2) is 0 Å². The molecule has 0 unspecified atom stereocenters. The highest BCUT2D eigenvalue weighted by Gasteiger charge is 2.07. The van der Waals surface area contributed by atoms with Gasteiger partial charge in [0.25, 0.3) is 11.8 Å². The summed E-state index contributed by atoms with van der Waals surface area (Å²) >= 11 is 0. The number of amides is 2. The molecule has 27 heavy (non-hydrogen) atoms. The largest absolute Gasteiger partial charge is 0.493 e. The van der Waals surface area contributed by atoms with E-state index >= 15 is 0 Å². The van der Waals surface area contributed by atoms with Gasteiger partial charge in [0, 0.05) is 11.6 Å². The van der Waals surface area contributed by atoms with Crippen LogP contribution in [-0.2, 0) is 11.2 Å². The summed E-state index contributed by atoms with van der Waals surface area (Å²) in [6, 6.07) is 12.6. The predicted octanol–water partition coefficient (Wildman–Crippen LogP) is 3.13. The minimum Gasteiger partial charge on any atom is -0.493 e. The molecule has 0 aliphatic carbocycles. The number of aryl methyl sites for hydroxylation is 1. The van der Waals surface area contributed by atoms with Crippen molar-refractivity contribution in [2.45, 2.75) is 20.3 Å². The van der Waals surface area contributed by atoms with Crippen LogP contribution in [0.2, 0.25) is 0 Å². The van der Waals surface area contributed by atoms with Crippen LogP contribution >= 0.6 is 0 Å². The minimum atomic E-state index is -0.442. The SMILES string of the molecule is CCOc1cc(C=CC(=O)NNC(=O)c2ccc(CC)cc2)ccc1OC. The summed E-state index contributed by atoms with van der Waals surface area (Å²) < 4.78 is 10.7. The number of benzene rings is 2. The Morgan fingerprint density at radius 2 is 1.74 bits per heavy atom. The molecule has 2 rings (SSSR count). The van der Waals surface area contributed by atoms with Crippen LogP contribution in [0.15, 0.2) is 48.5 Å². The third-order valence-electron chi connectivity index (χ3n) is 3.84. The molecule has 0 fully saturated rings. The Morgan fingerprint density at radius 1 is 1.00 bits per heavy atom. The second kappa shape index (κ2) is 10.0. The van der Waals surface area contributed by atoms with Gasteiger partial charge in [-0.05, 0) is 54.8 Å².